The number of hydrogen-bond donors (Lipinski definition) is 3. The molecule has 0 radical (unpaired) electrons. The third kappa shape index (κ3) is 5.75. The van der Waals surface area contributed by atoms with Gasteiger partial charge >= 0.3 is 0 Å². The molecular formula is C20H26N6O2. The highest BCUT2D eigenvalue weighted by molar-refractivity contribution is 5.93. The lowest BCUT2D eigenvalue weighted by Crippen LogP contribution is -2.40. The van der Waals surface area contributed by atoms with E-state index in [0.717, 1.165) is 24.9 Å². The zero-order valence-corrected chi connectivity index (χ0v) is 16.2. The Bertz CT molecular complexity index is 794. The van der Waals surface area contributed by atoms with Gasteiger partial charge in [0, 0.05) is 30.2 Å². The Balaban J connectivity index is 1.48. The highest BCUT2D eigenvalue weighted by Gasteiger charge is 2.27. The van der Waals surface area contributed by atoms with E-state index >= 15 is 0 Å². The van der Waals surface area contributed by atoms with Crippen LogP contribution in [0.25, 0.3) is 0 Å². The number of benzene rings is 1. The fourth-order valence-electron chi connectivity index (χ4n) is 3.23. The molecule has 8 heteroatoms. The predicted octanol–water partition coefficient (Wildman–Crippen LogP) is 1.55. The fraction of sp³-hybridized carbons (Fsp3) is 0.400. The normalized spacial score (nSPS) is 18.7. The van der Waals surface area contributed by atoms with E-state index in [1.165, 1.54) is 12.4 Å². The Morgan fingerprint density at radius 2 is 1.68 bits per heavy atom. The van der Waals surface area contributed by atoms with Crippen LogP contribution in [-0.2, 0) is 4.79 Å². The van der Waals surface area contributed by atoms with Crippen molar-refractivity contribution in [1.82, 2.24) is 25.5 Å². The quantitative estimate of drug-likeness (QED) is 0.672. The molecule has 1 aliphatic rings. The van der Waals surface area contributed by atoms with Crippen LogP contribution in [0.15, 0.2) is 42.7 Å². The van der Waals surface area contributed by atoms with Gasteiger partial charge in [0.15, 0.2) is 0 Å². The Labute approximate surface area is 164 Å². The lowest BCUT2D eigenvalue weighted by molar-refractivity contribution is -0.122. The van der Waals surface area contributed by atoms with Gasteiger partial charge in [0.1, 0.15) is 0 Å². The van der Waals surface area contributed by atoms with Gasteiger partial charge in [0.2, 0.25) is 11.9 Å². The van der Waals surface area contributed by atoms with Crippen LogP contribution in [0.5, 0.6) is 0 Å². The Morgan fingerprint density at radius 1 is 1.04 bits per heavy atom. The molecule has 0 spiro atoms. The van der Waals surface area contributed by atoms with Gasteiger partial charge in [0.05, 0.1) is 12.1 Å². The molecular weight excluding hydrogens is 356 g/mol. The maximum atomic E-state index is 12.4. The van der Waals surface area contributed by atoms with Crippen molar-refractivity contribution in [3.8, 4) is 0 Å². The first-order chi connectivity index (χ1) is 13.5. The van der Waals surface area contributed by atoms with E-state index in [-0.39, 0.29) is 23.9 Å². The molecule has 0 aliphatic heterocycles. The summed E-state index contributed by atoms with van der Waals surface area (Å²) in [6, 6.07) is 9.74. The molecule has 3 rings (SSSR count). The number of nitrogens with zero attached hydrogens (tertiary/aromatic N) is 3. The summed E-state index contributed by atoms with van der Waals surface area (Å²) in [4.78, 5) is 34.5. The molecule has 148 valence electrons. The molecule has 0 saturated heterocycles. The predicted molar refractivity (Wildman–Crippen MR) is 107 cm³/mol. The number of carbonyl (C=O) groups is 2. The van der Waals surface area contributed by atoms with Crippen molar-refractivity contribution in [1.29, 1.82) is 0 Å². The number of nitrogens with one attached hydrogen (secondary N) is 3. The van der Waals surface area contributed by atoms with Crippen molar-refractivity contribution in [3.63, 3.8) is 0 Å². The molecule has 0 bridgehead atoms. The van der Waals surface area contributed by atoms with Crippen LogP contribution >= 0.6 is 0 Å². The SMILES string of the molecule is CN(C)CC(=O)N[C@@H]1CC[C@H](NC(=O)c2cnc(Nc3ccccc3)nc2)C1. The molecule has 2 amide bonds. The van der Waals surface area contributed by atoms with Crippen LogP contribution in [0.4, 0.5) is 11.6 Å². The number of hydrogen-bond acceptors (Lipinski definition) is 6. The molecule has 1 aromatic carbocycles. The minimum Gasteiger partial charge on any atom is -0.352 e. The van der Waals surface area contributed by atoms with E-state index < -0.39 is 0 Å². The molecule has 8 nitrogen and oxygen atoms in total. The Morgan fingerprint density at radius 3 is 2.32 bits per heavy atom. The second-order valence-electron chi connectivity index (χ2n) is 7.27. The van der Waals surface area contributed by atoms with Crippen molar-refractivity contribution < 1.29 is 9.59 Å². The number of carbonyl (C=O) groups excluding carboxylic acids is 2. The number of rotatable bonds is 7. The summed E-state index contributed by atoms with van der Waals surface area (Å²) >= 11 is 0. The largest absolute Gasteiger partial charge is 0.352 e. The summed E-state index contributed by atoms with van der Waals surface area (Å²) in [7, 11) is 3.72. The highest BCUT2D eigenvalue weighted by atomic mass is 16.2. The topological polar surface area (TPSA) is 99.3 Å². The van der Waals surface area contributed by atoms with Gasteiger partial charge in [-0.1, -0.05) is 18.2 Å². The van der Waals surface area contributed by atoms with Crippen LogP contribution in [0.2, 0.25) is 0 Å². The molecule has 3 N–H and O–H groups in total. The molecule has 2 atom stereocenters. The van der Waals surface area contributed by atoms with Crippen LogP contribution in [-0.4, -0.2) is 59.4 Å². The lowest BCUT2D eigenvalue weighted by Gasteiger charge is -2.16. The van der Waals surface area contributed by atoms with Crippen LogP contribution in [0.1, 0.15) is 29.6 Å². The first-order valence-corrected chi connectivity index (χ1v) is 9.38. The fourth-order valence-corrected chi connectivity index (χ4v) is 3.23. The smallest absolute Gasteiger partial charge is 0.254 e. The van der Waals surface area contributed by atoms with Gasteiger partial charge in [-0.2, -0.15) is 0 Å². The van der Waals surface area contributed by atoms with Gasteiger partial charge < -0.3 is 20.9 Å². The van der Waals surface area contributed by atoms with Gasteiger partial charge in [-0.05, 0) is 45.5 Å². The van der Waals surface area contributed by atoms with Crippen molar-refractivity contribution in [2.75, 3.05) is 26.0 Å². The average Bonchev–Trinajstić information content (AvgIpc) is 3.09. The van der Waals surface area contributed by atoms with Crippen molar-refractivity contribution in [2.24, 2.45) is 0 Å². The maximum Gasteiger partial charge on any atom is 0.254 e. The monoisotopic (exact) mass is 382 g/mol. The summed E-state index contributed by atoms with van der Waals surface area (Å²) < 4.78 is 0. The first kappa shape index (κ1) is 19.8. The highest BCUT2D eigenvalue weighted by Crippen LogP contribution is 2.19. The summed E-state index contributed by atoms with van der Waals surface area (Å²) in [5.41, 5.74) is 1.30. The van der Waals surface area contributed by atoms with Crippen molar-refractivity contribution >= 4 is 23.5 Å². The Kier molecular flexibility index (Phi) is 6.54. The van der Waals surface area contributed by atoms with Crippen LogP contribution in [0.3, 0.4) is 0 Å². The van der Waals surface area contributed by atoms with Gasteiger partial charge in [-0.3, -0.25) is 9.59 Å². The Hall–Kier alpha value is -3.00. The first-order valence-electron chi connectivity index (χ1n) is 9.38. The van der Waals surface area contributed by atoms with E-state index in [4.69, 9.17) is 0 Å². The number of aromatic nitrogens is 2. The van der Waals surface area contributed by atoms with E-state index in [9.17, 15) is 9.59 Å². The standard InChI is InChI=1S/C20H26N6O2/c1-26(2)13-18(27)23-16-8-9-17(10-16)24-19(28)14-11-21-20(22-12-14)25-15-6-4-3-5-7-15/h3-7,11-12,16-17H,8-10,13H2,1-2H3,(H,23,27)(H,24,28)(H,21,22,25)/t16-,17+/m1/s1. The van der Waals surface area contributed by atoms with E-state index in [0.29, 0.717) is 18.1 Å². The van der Waals surface area contributed by atoms with Crippen LogP contribution in [0, 0.1) is 0 Å². The number of amides is 2. The second kappa shape index (κ2) is 9.27. The van der Waals surface area contributed by atoms with Crippen LogP contribution < -0.4 is 16.0 Å². The zero-order chi connectivity index (χ0) is 19.9. The molecule has 0 unspecified atom stereocenters. The van der Waals surface area contributed by atoms with E-state index in [1.807, 2.05) is 49.3 Å². The van der Waals surface area contributed by atoms with E-state index in [2.05, 4.69) is 25.9 Å². The number of para-hydroxylation sites is 1. The van der Waals surface area contributed by atoms with Gasteiger partial charge in [-0.25, -0.2) is 9.97 Å². The summed E-state index contributed by atoms with van der Waals surface area (Å²) in [5, 5.41) is 9.11. The summed E-state index contributed by atoms with van der Waals surface area (Å²) in [5.74, 6) is 0.251. The lowest BCUT2D eigenvalue weighted by atomic mass is 10.2. The molecule has 28 heavy (non-hydrogen) atoms. The molecule has 1 fully saturated rings. The molecule has 1 heterocycles. The molecule has 1 aliphatic carbocycles. The second-order valence-corrected chi connectivity index (χ2v) is 7.27. The number of likely N-dealkylation sites (N-methyl/N-ethyl adjacent to an activating group) is 1. The third-order valence-corrected chi connectivity index (χ3v) is 4.54. The number of anilines is 2. The van der Waals surface area contributed by atoms with Gasteiger partial charge in [-0.15, -0.1) is 0 Å². The molecule has 1 aromatic heterocycles. The molecule has 2 aromatic rings. The minimum atomic E-state index is -0.198. The summed E-state index contributed by atoms with van der Waals surface area (Å²) in [6.45, 7) is 0.369. The van der Waals surface area contributed by atoms with Gasteiger partial charge in [0.25, 0.3) is 5.91 Å². The minimum absolute atomic E-state index is 0.0110. The summed E-state index contributed by atoms with van der Waals surface area (Å²) in [6.07, 6.45) is 5.46. The van der Waals surface area contributed by atoms with Crippen molar-refractivity contribution in [3.05, 3.63) is 48.3 Å². The molecule has 1 saturated carbocycles. The van der Waals surface area contributed by atoms with Crippen molar-refractivity contribution in [2.45, 2.75) is 31.3 Å². The average molecular weight is 382 g/mol. The zero-order valence-electron chi connectivity index (χ0n) is 16.2. The third-order valence-electron chi connectivity index (χ3n) is 4.54. The maximum absolute atomic E-state index is 12.4. The van der Waals surface area contributed by atoms with E-state index in [1.54, 1.807) is 0 Å².